The van der Waals surface area contributed by atoms with Crippen molar-refractivity contribution in [2.45, 2.75) is 26.7 Å². The lowest BCUT2D eigenvalue weighted by Crippen LogP contribution is -2.37. The fraction of sp³-hybridized carbons (Fsp3) is 0.308. The maximum Gasteiger partial charge on any atom is 0.137 e. The Morgan fingerprint density at radius 3 is 2.73 bits per heavy atom. The lowest BCUT2D eigenvalue weighted by atomic mass is 10.0. The van der Waals surface area contributed by atoms with Crippen LogP contribution in [-0.2, 0) is 4.74 Å². The normalized spacial score (nSPS) is 14.5. The van der Waals surface area contributed by atoms with E-state index in [1.54, 1.807) is 6.20 Å². The largest absolute Gasteiger partial charge is 0.378 e. The minimum atomic E-state index is -0.654. The summed E-state index contributed by atoms with van der Waals surface area (Å²) in [7, 11) is 0. The van der Waals surface area contributed by atoms with Crippen molar-refractivity contribution in [2.75, 3.05) is 36.5 Å². The van der Waals surface area contributed by atoms with Crippen LogP contribution in [0.4, 0.5) is 26.0 Å². The summed E-state index contributed by atoms with van der Waals surface area (Å²) in [6.45, 7) is 10.2. The standard InChI is InChI=1S/C26H28F2N4O/c1-4-6-7-18(5-2)19-12-21(16-29-15-19)30-25-17(3)26(32-8-10-33-11-9-32)31-23-14-20(27)13-22(28)24(23)25/h4-5,12-16H,1,6-11H2,2-3H3,(H,30,31). The first-order chi connectivity index (χ1) is 16.0. The summed E-state index contributed by atoms with van der Waals surface area (Å²) >= 11 is 0. The molecule has 1 fully saturated rings. The van der Waals surface area contributed by atoms with Crippen molar-refractivity contribution >= 4 is 33.7 Å². The third kappa shape index (κ3) is 4.88. The van der Waals surface area contributed by atoms with Gasteiger partial charge in [0.2, 0.25) is 0 Å². The van der Waals surface area contributed by atoms with Crippen LogP contribution in [0, 0.1) is 18.6 Å². The number of benzene rings is 1. The summed E-state index contributed by atoms with van der Waals surface area (Å²) in [6.07, 6.45) is 9.20. The molecule has 0 amide bonds. The lowest BCUT2D eigenvalue weighted by molar-refractivity contribution is 0.122. The van der Waals surface area contributed by atoms with E-state index in [9.17, 15) is 8.78 Å². The van der Waals surface area contributed by atoms with E-state index >= 15 is 0 Å². The highest BCUT2D eigenvalue weighted by Crippen LogP contribution is 2.37. The third-order valence-electron chi connectivity index (χ3n) is 5.88. The van der Waals surface area contributed by atoms with E-state index in [1.165, 1.54) is 6.07 Å². The molecule has 3 heterocycles. The zero-order valence-electron chi connectivity index (χ0n) is 19.0. The van der Waals surface area contributed by atoms with Gasteiger partial charge in [0.15, 0.2) is 0 Å². The second kappa shape index (κ2) is 10.1. The van der Waals surface area contributed by atoms with Crippen LogP contribution >= 0.6 is 0 Å². The lowest BCUT2D eigenvalue weighted by Gasteiger charge is -2.30. The molecule has 0 aliphatic carbocycles. The summed E-state index contributed by atoms with van der Waals surface area (Å²) in [5.41, 5.74) is 4.48. The van der Waals surface area contributed by atoms with Gasteiger partial charge in [-0.2, -0.15) is 0 Å². The Labute approximate surface area is 192 Å². The molecule has 4 rings (SSSR count). The SMILES string of the molecule is C=CCCC(=CC)c1cncc(Nc2c(C)c(N3CCOCC3)nc3cc(F)cc(F)c23)c1. The van der Waals surface area contributed by atoms with Gasteiger partial charge in [0.05, 0.1) is 41.7 Å². The van der Waals surface area contributed by atoms with Crippen LogP contribution in [0.15, 0.2) is 49.3 Å². The average Bonchev–Trinajstić information content (AvgIpc) is 2.82. The highest BCUT2D eigenvalue weighted by atomic mass is 19.1. The van der Waals surface area contributed by atoms with Crippen LogP contribution in [0.25, 0.3) is 16.5 Å². The minimum absolute atomic E-state index is 0.259. The Balaban J connectivity index is 1.81. The van der Waals surface area contributed by atoms with Crippen molar-refractivity contribution in [2.24, 2.45) is 0 Å². The zero-order chi connectivity index (χ0) is 23.4. The number of morpholine rings is 1. The Bertz CT molecular complexity index is 1200. The number of rotatable bonds is 7. The zero-order valence-corrected chi connectivity index (χ0v) is 19.0. The summed E-state index contributed by atoms with van der Waals surface area (Å²) in [6, 6.07) is 4.16. The fourth-order valence-electron chi connectivity index (χ4n) is 4.17. The second-order valence-electron chi connectivity index (χ2n) is 8.05. The molecule has 3 aromatic rings. The number of anilines is 3. The predicted octanol–water partition coefficient (Wildman–Crippen LogP) is 6.17. The van der Waals surface area contributed by atoms with Crippen molar-refractivity contribution in [3.05, 3.63) is 72.1 Å². The molecule has 1 N–H and O–H groups in total. The van der Waals surface area contributed by atoms with E-state index in [1.807, 2.05) is 32.2 Å². The van der Waals surface area contributed by atoms with Crippen LogP contribution in [0.5, 0.6) is 0 Å². The molecule has 0 saturated carbocycles. The van der Waals surface area contributed by atoms with E-state index in [2.05, 4.69) is 32.8 Å². The number of pyridine rings is 2. The highest BCUT2D eigenvalue weighted by molar-refractivity contribution is 5.97. The highest BCUT2D eigenvalue weighted by Gasteiger charge is 2.22. The molecule has 5 nitrogen and oxygen atoms in total. The number of hydrogen-bond donors (Lipinski definition) is 1. The van der Waals surface area contributed by atoms with Gasteiger partial charge in [0.1, 0.15) is 17.5 Å². The van der Waals surface area contributed by atoms with Crippen molar-refractivity contribution in [3.8, 4) is 0 Å². The second-order valence-corrected chi connectivity index (χ2v) is 8.05. The van der Waals surface area contributed by atoms with E-state index < -0.39 is 11.6 Å². The first-order valence-electron chi connectivity index (χ1n) is 11.1. The Morgan fingerprint density at radius 1 is 1.21 bits per heavy atom. The monoisotopic (exact) mass is 450 g/mol. The number of nitrogens with one attached hydrogen (secondary N) is 1. The van der Waals surface area contributed by atoms with Gasteiger partial charge in [-0.15, -0.1) is 6.58 Å². The number of aromatic nitrogens is 2. The van der Waals surface area contributed by atoms with Gasteiger partial charge in [-0.3, -0.25) is 4.98 Å². The van der Waals surface area contributed by atoms with Crippen molar-refractivity contribution < 1.29 is 13.5 Å². The van der Waals surface area contributed by atoms with Crippen molar-refractivity contribution in [1.29, 1.82) is 0 Å². The van der Waals surface area contributed by atoms with E-state index in [-0.39, 0.29) is 10.9 Å². The Hall–Kier alpha value is -3.32. The first-order valence-corrected chi connectivity index (χ1v) is 11.1. The van der Waals surface area contributed by atoms with Crippen LogP contribution in [-0.4, -0.2) is 36.3 Å². The van der Waals surface area contributed by atoms with Crippen LogP contribution in [0.2, 0.25) is 0 Å². The molecule has 0 radical (unpaired) electrons. The van der Waals surface area contributed by atoms with Gasteiger partial charge in [-0.25, -0.2) is 13.8 Å². The summed E-state index contributed by atoms with van der Waals surface area (Å²) < 4.78 is 34.5. The van der Waals surface area contributed by atoms with Crippen LogP contribution in [0.1, 0.15) is 30.9 Å². The number of fused-ring (bicyclic) bond motifs is 1. The molecule has 0 spiro atoms. The minimum Gasteiger partial charge on any atom is -0.378 e. The topological polar surface area (TPSA) is 50.3 Å². The number of allylic oxidation sites excluding steroid dienone is 3. The maximum atomic E-state index is 15.0. The molecule has 0 bridgehead atoms. The van der Waals surface area contributed by atoms with Crippen LogP contribution in [0.3, 0.4) is 0 Å². The van der Waals surface area contributed by atoms with E-state index in [0.29, 0.717) is 37.8 Å². The Kier molecular flexibility index (Phi) is 6.99. The first kappa shape index (κ1) is 22.9. The number of nitrogens with zero attached hydrogens (tertiary/aromatic N) is 3. The molecule has 1 saturated heterocycles. The summed E-state index contributed by atoms with van der Waals surface area (Å²) in [5.74, 6) is -0.609. The molecule has 33 heavy (non-hydrogen) atoms. The van der Waals surface area contributed by atoms with Gasteiger partial charge >= 0.3 is 0 Å². The van der Waals surface area contributed by atoms with Gasteiger partial charge in [0.25, 0.3) is 0 Å². The molecule has 0 atom stereocenters. The quantitative estimate of drug-likeness (QED) is 0.437. The van der Waals surface area contributed by atoms with Gasteiger partial charge in [0, 0.05) is 37.0 Å². The Morgan fingerprint density at radius 2 is 2.00 bits per heavy atom. The van der Waals surface area contributed by atoms with Crippen molar-refractivity contribution in [1.82, 2.24) is 9.97 Å². The molecular weight excluding hydrogens is 422 g/mol. The molecule has 1 aromatic carbocycles. The fourth-order valence-corrected chi connectivity index (χ4v) is 4.17. The number of ether oxygens (including phenoxy) is 1. The molecule has 1 aliphatic heterocycles. The average molecular weight is 451 g/mol. The maximum absolute atomic E-state index is 15.0. The molecule has 2 aromatic heterocycles. The van der Waals surface area contributed by atoms with E-state index in [0.717, 1.165) is 41.3 Å². The van der Waals surface area contributed by atoms with E-state index in [4.69, 9.17) is 4.74 Å². The van der Waals surface area contributed by atoms with Gasteiger partial charge in [-0.05, 0) is 43.9 Å². The molecule has 1 aliphatic rings. The number of halogens is 2. The van der Waals surface area contributed by atoms with Crippen LogP contribution < -0.4 is 10.2 Å². The smallest absolute Gasteiger partial charge is 0.137 e. The molecule has 172 valence electrons. The summed E-state index contributed by atoms with van der Waals surface area (Å²) in [4.78, 5) is 11.1. The van der Waals surface area contributed by atoms with Gasteiger partial charge < -0.3 is 15.0 Å². The van der Waals surface area contributed by atoms with Gasteiger partial charge in [-0.1, -0.05) is 12.2 Å². The molecule has 0 unspecified atom stereocenters. The predicted molar refractivity (Wildman–Crippen MR) is 130 cm³/mol. The summed E-state index contributed by atoms with van der Waals surface area (Å²) in [5, 5.41) is 3.62. The molecular formula is C26H28F2N4O. The van der Waals surface area contributed by atoms with Crippen molar-refractivity contribution in [3.63, 3.8) is 0 Å². The molecule has 7 heteroatoms. The number of hydrogen-bond acceptors (Lipinski definition) is 5. The third-order valence-corrected chi connectivity index (χ3v) is 5.88.